The summed E-state index contributed by atoms with van der Waals surface area (Å²) in [6.45, 7) is 8.20. The first-order valence-electron chi connectivity index (χ1n) is 12.2. The first-order chi connectivity index (χ1) is 20.7. The maximum atomic E-state index is 4.78. The summed E-state index contributed by atoms with van der Waals surface area (Å²) in [4.78, 5) is 9.55. The molecule has 4 bridgehead atoms. The normalized spacial score (nSPS) is 12.2. The molecule has 2 aromatic heterocycles. The fourth-order valence-corrected chi connectivity index (χ4v) is 6.45. The Labute approximate surface area is 422 Å². The average Bonchev–Trinajstić information content (AvgIpc) is 3.64. The molecular formula is C26H30I12N4S2. The van der Waals surface area contributed by atoms with Gasteiger partial charge in [-0.3, -0.25) is 9.98 Å². The van der Waals surface area contributed by atoms with E-state index in [2.05, 4.69) is 257 Å². The van der Waals surface area contributed by atoms with Gasteiger partial charge in [-0.05, 0) is 62.1 Å². The molecule has 0 saturated heterocycles. The Kier molecular flexibility index (Phi) is 45.1. The summed E-state index contributed by atoms with van der Waals surface area (Å²) in [7, 11) is 0. The van der Waals surface area contributed by atoms with Crippen LogP contribution in [0, 0.1) is 13.8 Å². The van der Waals surface area contributed by atoms with Crippen LogP contribution < -0.4 is 55.9 Å². The molecule has 44 heavy (non-hydrogen) atoms. The zero-order valence-corrected chi connectivity index (χ0v) is 50.9. The molecule has 18 heteroatoms. The van der Waals surface area contributed by atoms with Crippen LogP contribution in [0.3, 0.4) is 0 Å². The Hall–Kier alpha value is 6.32. The maximum Gasteiger partial charge on any atom is 0.191 e. The Morgan fingerprint density at radius 2 is 0.886 bits per heavy atom. The van der Waals surface area contributed by atoms with Crippen LogP contribution in [-0.2, 0) is 13.1 Å². The maximum absolute atomic E-state index is 4.78. The third-order valence-corrected chi connectivity index (χ3v) is 8.21. The Morgan fingerprint density at radius 3 is 1.23 bits per heavy atom. The molecule has 5 rings (SSSR count). The van der Waals surface area contributed by atoms with Gasteiger partial charge in [0.1, 0.15) is 32.5 Å². The fraction of sp³-hybridized carbons (Fsp3) is 0.385. The molecule has 4 aromatic rings. The van der Waals surface area contributed by atoms with Crippen molar-refractivity contribution in [3.63, 3.8) is 0 Å². The summed E-state index contributed by atoms with van der Waals surface area (Å²) in [6, 6.07) is 9.10. The van der Waals surface area contributed by atoms with E-state index in [1.54, 1.807) is 0 Å². The average molecular weight is 1990 g/mol. The monoisotopic (exact) mass is 1990 g/mol. The minimum absolute atomic E-state index is 0. The molecule has 3 heterocycles. The van der Waals surface area contributed by atoms with Crippen molar-refractivity contribution in [1.29, 1.82) is 0 Å². The molecule has 0 amide bonds. The molecule has 0 saturated carbocycles. The van der Waals surface area contributed by atoms with Gasteiger partial charge in [-0.15, -0.1) is 7.91 Å². The van der Waals surface area contributed by atoms with Gasteiger partial charge in [0.05, 0.1) is 10.8 Å². The predicted octanol–water partition coefficient (Wildman–Crippen LogP) is 8.28. The number of hydrogen-bond acceptors (Lipinski definition) is 4. The van der Waals surface area contributed by atoms with Crippen LogP contribution in [0.25, 0.3) is 20.2 Å². The molecule has 0 N–H and O–H groups in total. The number of halogens is 12. The third-order valence-electron chi connectivity index (χ3n) is 5.86. The van der Waals surface area contributed by atoms with Crippen LogP contribution in [0.2, 0.25) is 0 Å². The van der Waals surface area contributed by atoms with E-state index in [9.17, 15) is 0 Å². The minimum atomic E-state index is 0. The Morgan fingerprint density at radius 1 is 0.545 bits per heavy atom. The Bertz CT molecular complexity index is 1250. The molecule has 2 aromatic carbocycles. The number of rotatable bonds is 0. The minimum Gasteiger partial charge on any atom is -1.00 e. The largest absolute Gasteiger partial charge is 1.00 e. The molecular weight excluding hydrogens is 1960 g/mol. The lowest BCUT2D eigenvalue weighted by molar-refractivity contribution is -0.628. The number of fused-ring (bicyclic) bond motifs is 2. The van der Waals surface area contributed by atoms with E-state index in [4.69, 9.17) is 9.98 Å². The van der Waals surface area contributed by atoms with Crippen LogP contribution in [0.5, 0.6) is 0 Å². The molecule has 0 fully saturated rings. The first kappa shape index (κ1) is 54.7. The lowest BCUT2D eigenvalue weighted by Gasteiger charge is -1.98. The second-order valence-corrected chi connectivity index (χ2v) is 10.9. The summed E-state index contributed by atoms with van der Waals surface area (Å²) < 4.78 is 7.43. The lowest BCUT2D eigenvalue weighted by atomic mass is 10.1. The van der Waals surface area contributed by atoms with Crippen molar-refractivity contribution >= 4 is 242 Å². The highest BCUT2D eigenvalue weighted by Gasteiger charge is 2.15. The van der Waals surface area contributed by atoms with Gasteiger partial charge in [0.2, 0.25) is 0 Å². The van der Waals surface area contributed by atoms with Crippen LogP contribution in [0.15, 0.2) is 46.6 Å². The first-order valence-corrected chi connectivity index (χ1v) is 45.2. The highest BCUT2D eigenvalue weighted by Crippen LogP contribution is 2.24. The molecule has 0 unspecified atom stereocenters. The summed E-state index contributed by atoms with van der Waals surface area (Å²) in [5.41, 5.74) is 5.10. The summed E-state index contributed by atoms with van der Waals surface area (Å²) >= 11 is 24.9. The molecule has 250 valence electrons. The van der Waals surface area contributed by atoms with E-state index in [0.717, 1.165) is 51.9 Å². The number of aliphatic imine (C=N–C) groups is 2. The number of hydrogen-bond donors (Lipinski definition) is 0. The SMILES string of the molecule is Cc1cc2c3s[n+](cc3c1)CCCCN=Cc1cc(C)cc3c[n+](sc13)CCCCN=C2.II.II.II.II.II.[I-].[I-]. The molecule has 4 nitrogen and oxygen atoms in total. The molecule has 0 atom stereocenters. The second-order valence-electron chi connectivity index (χ2n) is 8.75. The van der Waals surface area contributed by atoms with Crippen molar-refractivity contribution < 1.29 is 55.9 Å². The number of aryl methyl sites for hydroxylation is 4. The highest BCUT2D eigenvalue weighted by atomic mass is 128. The van der Waals surface area contributed by atoms with Crippen LogP contribution in [0.4, 0.5) is 0 Å². The fourth-order valence-electron chi connectivity index (χ4n) is 4.34. The van der Waals surface area contributed by atoms with Gasteiger partial charge in [0.25, 0.3) is 0 Å². The van der Waals surface area contributed by atoms with Gasteiger partial charge < -0.3 is 48.0 Å². The van der Waals surface area contributed by atoms with Gasteiger partial charge in [-0.1, -0.05) is 0 Å². The molecule has 0 radical (unpaired) electrons. The summed E-state index contributed by atoms with van der Waals surface area (Å²) in [5.74, 6) is 0. The zero-order valence-electron chi connectivity index (χ0n) is 23.4. The van der Waals surface area contributed by atoms with Gasteiger partial charge in [0.15, 0.2) is 25.5 Å². The smallest absolute Gasteiger partial charge is 0.191 e. The Balaban J connectivity index is -0.00000128. The van der Waals surface area contributed by atoms with E-state index in [1.807, 2.05) is 23.1 Å². The number of benzene rings is 2. The third kappa shape index (κ3) is 20.7. The summed E-state index contributed by atoms with van der Waals surface area (Å²) in [5, 5.41) is 2.65. The van der Waals surface area contributed by atoms with Crippen molar-refractivity contribution in [3.8, 4) is 0 Å². The van der Waals surface area contributed by atoms with Gasteiger partial charge >= 0.3 is 0 Å². The number of aromatic nitrogens is 2. The van der Waals surface area contributed by atoms with Crippen LogP contribution in [-0.4, -0.2) is 25.5 Å². The standard InChI is InChI=1S/C26H30N4S2.5I2.2HI/c1-19-11-21-15-27-7-3-6-10-30-18-24-14-20(2)12-22(26(24)32-30)16-28-8-4-5-9-29-17-23(13-19)25(21)31-29;5*1-2;;/h11-18H,3-10H2,1-2H3;;;;;;2*1H/q+2;;;;;;;/p-2. The highest BCUT2D eigenvalue weighted by molar-refractivity contribution is 15.0. The molecule has 1 aliphatic rings. The second kappa shape index (κ2) is 36.3. The summed E-state index contributed by atoms with van der Waals surface area (Å²) in [6.07, 6.45) is 13.2. The van der Waals surface area contributed by atoms with E-state index in [0.29, 0.717) is 0 Å². The quantitative estimate of drug-likeness (QED) is 0.126. The van der Waals surface area contributed by atoms with E-state index < -0.39 is 0 Å². The van der Waals surface area contributed by atoms with Crippen LogP contribution in [0.1, 0.15) is 47.9 Å². The lowest BCUT2D eigenvalue weighted by Crippen LogP contribution is -3.00. The number of nitrogens with zero attached hydrogens (tertiary/aromatic N) is 4. The van der Waals surface area contributed by atoms with Crippen molar-refractivity contribution in [2.75, 3.05) is 13.1 Å². The van der Waals surface area contributed by atoms with Gasteiger partial charge in [-0.2, -0.15) is 0 Å². The molecule has 1 aliphatic heterocycles. The van der Waals surface area contributed by atoms with E-state index in [1.165, 1.54) is 42.4 Å². The van der Waals surface area contributed by atoms with Crippen LogP contribution >= 0.6 is 209 Å². The van der Waals surface area contributed by atoms with E-state index in [-0.39, 0.29) is 48.0 Å². The topological polar surface area (TPSA) is 32.5 Å². The van der Waals surface area contributed by atoms with Crippen molar-refractivity contribution in [3.05, 3.63) is 58.9 Å². The molecule has 0 aliphatic carbocycles. The van der Waals surface area contributed by atoms with Crippen molar-refractivity contribution in [2.24, 2.45) is 9.98 Å². The van der Waals surface area contributed by atoms with Gasteiger partial charge in [0, 0.05) is 236 Å². The van der Waals surface area contributed by atoms with E-state index >= 15 is 0 Å². The van der Waals surface area contributed by atoms with Crippen molar-refractivity contribution in [2.45, 2.75) is 52.6 Å². The predicted molar refractivity (Wildman–Crippen MR) is 277 cm³/mol. The molecule has 0 spiro atoms. The van der Waals surface area contributed by atoms with Crippen molar-refractivity contribution in [1.82, 2.24) is 0 Å². The zero-order chi connectivity index (χ0) is 31.9. The van der Waals surface area contributed by atoms with Gasteiger partial charge in [-0.25, -0.2) is 0 Å².